The molecule has 3 rings (SSSR count). The van der Waals surface area contributed by atoms with Gasteiger partial charge in [-0.25, -0.2) is 8.42 Å². The van der Waals surface area contributed by atoms with Crippen LogP contribution in [-0.2, 0) is 14.8 Å². The summed E-state index contributed by atoms with van der Waals surface area (Å²) < 4.78 is 36.1. The molecule has 0 aliphatic carbocycles. The lowest BCUT2D eigenvalue weighted by Crippen LogP contribution is -2.40. The number of anilines is 1. The monoisotopic (exact) mass is 414 g/mol. The van der Waals surface area contributed by atoms with Crippen LogP contribution in [0, 0.1) is 0 Å². The zero-order chi connectivity index (χ0) is 18.6. The predicted molar refractivity (Wildman–Crippen MR) is 101 cm³/mol. The first kappa shape index (κ1) is 19.2. The minimum atomic E-state index is -3.63. The zero-order valence-electron chi connectivity index (χ0n) is 14.0. The number of morpholine rings is 1. The van der Waals surface area contributed by atoms with Gasteiger partial charge in [-0.3, -0.25) is 4.79 Å². The molecule has 0 bridgehead atoms. The van der Waals surface area contributed by atoms with Crippen LogP contribution in [-0.4, -0.2) is 67.0 Å². The Kier molecular flexibility index (Phi) is 6.24. The van der Waals surface area contributed by atoms with Crippen LogP contribution >= 0.6 is 23.3 Å². The summed E-state index contributed by atoms with van der Waals surface area (Å²) in [6.45, 7) is 1.40. The average molecular weight is 415 g/mol. The lowest BCUT2D eigenvalue weighted by molar-refractivity contribution is 0.0730. The van der Waals surface area contributed by atoms with Gasteiger partial charge in [-0.2, -0.15) is 13.7 Å². The maximum atomic E-state index is 12.7. The summed E-state index contributed by atoms with van der Waals surface area (Å²) in [6.07, 6.45) is 1.87. The zero-order valence-corrected chi connectivity index (χ0v) is 16.5. The van der Waals surface area contributed by atoms with Crippen molar-refractivity contribution in [1.82, 2.24) is 13.7 Å². The number of ether oxygens (including phenoxy) is 1. The van der Waals surface area contributed by atoms with E-state index in [2.05, 4.69) is 14.7 Å². The van der Waals surface area contributed by atoms with E-state index in [0.717, 1.165) is 0 Å². The Hall–Kier alpha value is -1.53. The number of sulfonamides is 1. The lowest BCUT2D eigenvalue weighted by atomic mass is 10.1. The largest absolute Gasteiger partial charge is 0.379 e. The molecule has 8 nitrogen and oxygen atoms in total. The Labute approximate surface area is 160 Å². The van der Waals surface area contributed by atoms with Gasteiger partial charge in [0.1, 0.15) is 0 Å². The van der Waals surface area contributed by atoms with Gasteiger partial charge in [-0.05, 0) is 18.4 Å². The first-order valence-electron chi connectivity index (χ1n) is 7.83. The van der Waals surface area contributed by atoms with Crippen LogP contribution in [0.1, 0.15) is 10.4 Å². The van der Waals surface area contributed by atoms with Gasteiger partial charge in [0.15, 0.2) is 5.78 Å². The number of ketones is 1. The van der Waals surface area contributed by atoms with E-state index in [1.54, 1.807) is 12.1 Å². The van der Waals surface area contributed by atoms with Crippen LogP contribution < -0.4 is 5.32 Å². The molecule has 0 amide bonds. The molecular formula is C15H18N4O4S3. The fourth-order valence-electron chi connectivity index (χ4n) is 2.39. The number of carbonyl (C=O) groups excluding carboxylic acids is 1. The van der Waals surface area contributed by atoms with Crippen LogP contribution in [0.15, 0.2) is 34.3 Å². The van der Waals surface area contributed by atoms with Crippen molar-refractivity contribution in [2.45, 2.75) is 10.1 Å². The van der Waals surface area contributed by atoms with Crippen molar-refractivity contribution in [1.29, 1.82) is 0 Å². The summed E-state index contributed by atoms with van der Waals surface area (Å²) in [4.78, 5) is 16.7. The van der Waals surface area contributed by atoms with E-state index in [1.165, 1.54) is 39.7 Å². The molecule has 1 fully saturated rings. The Bertz CT molecular complexity index is 879. The molecule has 0 saturated carbocycles. The van der Waals surface area contributed by atoms with Gasteiger partial charge in [0.25, 0.3) is 0 Å². The van der Waals surface area contributed by atoms with Crippen molar-refractivity contribution in [3.63, 3.8) is 0 Å². The number of nitrogens with one attached hydrogen (secondary N) is 1. The summed E-state index contributed by atoms with van der Waals surface area (Å²) in [5.41, 5.74) is 0.335. The van der Waals surface area contributed by atoms with Crippen LogP contribution in [0.25, 0.3) is 0 Å². The maximum absolute atomic E-state index is 12.7. The topological polar surface area (TPSA) is 101 Å². The molecule has 2 aromatic rings. The first-order chi connectivity index (χ1) is 12.5. The highest BCUT2D eigenvalue weighted by molar-refractivity contribution is 7.98. The SMILES string of the molecule is CSc1nsc(NCC(=O)c2cccc(S(=O)(=O)N3CCOCC3)c2)n1. The third-order valence-corrected chi connectivity index (χ3v) is 6.98. The van der Waals surface area contributed by atoms with Crippen molar-refractivity contribution in [3.8, 4) is 0 Å². The summed E-state index contributed by atoms with van der Waals surface area (Å²) in [7, 11) is -3.63. The number of hydrogen-bond acceptors (Lipinski definition) is 9. The quantitative estimate of drug-likeness (QED) is 0.538. The molecule has 26 heavy (non-hydrogen) atoms. The van der Waals surface area contributed by atoms with E-state index in [1.807, 2.05) is 6.26 Å². The third kappa shape index (κ3) is 4.41. The molecule has 0 atom stereocenters. The van der Waals surface area contributed by atoms with Gasteiger partial charge < -0.3 is 10.1 Å². The second-order valence-corrected chi connectivity index (χ2v) is 8.87. The number of benzene rings is 1. The molecule has 1 aromatic carbocycles. The fraction of sp³-hybridized carbons (Fsp3) is 0.400. The van der Waals surface area contributed by atoms with E-state index in [0.29, 0.717) is 42.2 Å². The molecule has 1 saturated heterocycles. The number of rotatable bonds is 7. The Morgan fingerprint density at radius 3 is 2.85 bits per heavy atom. The van der Waals surface area contributed by atoms with Crippen molar-refractivity contribution in [3.05, 3.63) is 29.8 Å². The van der Waals surface area contributed by atoms with Crippen LogP contribution in [0.5, 0.6) is 0 Å². The number of carbonyl (C=O) groups is 1. The smallest absolute Gasteiger partial charge is 0.243 e. The molecule has 0 spiro atoms. The molecule has 0 unspecified atom stereocenters. The predicted octanol–water partition coefficient (Wildman–Crippen LogP) is 1.58. The highest BCUT2D eigenvalue weighted by Crippen LogP contribution is 2.20. The van der Waals surface area contributed by atoms with Crippen molar-refractivity contribution < 1.29 is 17.9 Å². The number of thioether (sulfide) groups is 1. The van der Waals surface area contributed by atoms with Gasteiger partial charge in [-0.1, -0.05) is 23.9 Å². The molecule has 0 radical (unpaired) electrons. The standard InChI is InChI=1S/C15H18N4O4S3/c1-24-15-17-14(25-18-15)16-10-13(20)11-3-2-4-12(9-11)26(21,22)19-5-7-23-8-6-19/h2-4,9H,5-8,10H2,1H3,(H,16,17,18). The molecule has 1 aliphatic rings. The summed E-state index contributed by atoms with van der Waals surface area (Å²) >= 11 is 2.60. The summed E-state index contributed by atoms with van der Waals surface area (Å²) in [5, 5.41) is 4.12. The van der Waals surface area contributed by atoms with Gasteiger partial charge in [0.05, 0.1) is 24.7 Å². The molecule has 1 N–H and O–H groups in total. The van der Waals surface area contributed by atoms with Gasteiger partial charge in [-0.15, -0.1) is 0 Å². The number of nitrogens with zero attached hydrogens (tertiary/aromatic N) is 3. The molecule has 1 aliphatic heterocycles. The Morgan fingerprint density at radius 2 is 2.15 bits per heavy atom. The van der Waals surface area contributed by atoms with Crippen LogP contribution in [0.3, 0.4) is 0 Å². The Balaban J connectivity index is 1.70. The van der Waals surface area contributed by atoms with Gasteiger partial charge in [0.2, 0.25) is 20.3 Å². The van der Waals surface area contributed by atoms with E-state index in [-0.39, 0.29) is 17.2 Å². The summed E-state index contributed by atoms with van der Waals surface area (Å²) in [5.74, 6) is -0.218. The third-order valence-electron chi connectivity index (χ3n) is 3.75. The molecule has 140 valence electrons. The highest BCUT2D eigenvalue weighted by atomic mass is 32.2. The van der Waals surface area contributed by atoms with Crippen molar-refractivity contribution >= 4 is 44.2 Å². The lowest BCUT2D eigenvalue weighted by Gasteiger charge is -2.26. The van der Waals surface area contributed by atoms with E-state index in [4.69, 9.17) is 4.74 Å². The van der Waals surface area contributed by atoms with Crippen LogP contribution in [0.4, 0.5) is 5.13 Å². The van der Waals surface area contributed by atoms with Gasteiger partial charge in [0, 0.05) is 30.2 Å². The van der Waals surface area contributed by atoms with E-state index < -0.39 is 10.0 Å². The van der Waals surface area contributed by atoms with E-state index in [9.17, 15) is 13.2 Å². The minimum absolute atomic E-state index is 0.0179. The highest BCUT2D eigenvalue weighted by Gasteiger charge is 2.26. The normalized spacial score (nSPS) is 15.7. The maximum Gasteiger partial charge on any atom is 0.243 e. The van der Waals surface area contributed by atoms with E-state index >= 15 is 0 Å². The second kappa shape index (κ2) is 8.44. The Morgan fingerprint density at radius 1 is 1.38 bits per heavy atom. The van der Waals surface area contributed by atoms with Crippen molar-refractivity contribution in [2.24, 2.45) is 0 Å². The molecule has 1 aromatic heterocycles. The van der Waals surface area contributed by atoms with Gasteiger partial charge >= 0.3 is 0 Å². The number of hydrogen-bond donors (Lipinski definition) is 1. The molecule has 2 heterocycles. The average Bonchev–Trinajstić information content (AvgIpc) is 3.15. The fourth-order valence-corrected chi connectivity index (χ4v) is 4.96. The number of aromatic nitrogens is 2. The minimum Gasteiger partial charge on any atom is -0.379 e. The second-order valence-electron chi connectivity index (χ2n) is 5.41. The molecule has 11 heteroatoms. The van der Waals surface area contributed by atoms with Crippen LogP contribution in [0.2, 0.25) is 0 Å². The first-order valence-corrected chi connectivity index (χ1v) is 11.3. The number of Topliss-reactive ketones (excluding diaryl/α,β-unsaturated/α-hetero) is 1. The molecular weight excluding hydrogens is 396 g/mol. The van der Waals surface area contributed by atoms with Crippen molar-refractivity contribution in [2.75, 3.05) is 44.4 Å². The summed E-state index contributed by atoms with van der Waals surface area (Å²) in [6, 6.07) is 6.11.